The number of amides is 2. The molecule has 1 aliphatic heterocycles. The molecule has 0 atom stereocenters. The van der Waals surface area contributed by atoms with Gasteiger partial charge >= 0.3 is 12.1 Å². The predicted molar refractivity (Wildman–Crippen MR) is 118 cm³/mol. The first-order valence-electron chi connectivity index (χ1n) is 11.2. The van der Waals surface area contributed by atoms with Crippen LogP contribution >= 0.6 is 0 Å². The van der Waals surface area contributed by atoms with Crippen molar-refractivity contribution in [3.05, 3.63) is 35.4 Å². The maximum Gasteiger partial charge on any atom is 0.490 e. The highest BCUT2D eigenvalue weighted by Gasteiger charge is 2.38. The van der Waals surface area contributed by atoms with E-state index in [4.69, 9.17) is 9.90 Å². The van der Waals surface area contributed by atoms with Crippen molar-refractivity contribution >= 4 is 17.8 Å². The number of hydrogen-bond donors (Lipinski definition) is 2. The molecule has 1 aromatic carbocycles. The zero-order chi connectivity index (χ0) is 26.6. The average molecular weight is 511 g/mol. The smallest absolute Gasteiger partial charge is 0.475 e. The van der Waals surface area contributed by atoms with Gasteiger partial charge in [0.15, 0.2) is 11.6 Å². The van der Waals surface area contributed by atoms with E-state index >= 15 is 0 Å². The zero-order valence-corrected chi connectivity index (χ0v) is 19.7. The maximum absolute atomic E-state index is 13.6. The molecule has 1 aliphatic rings. The van der Waals surface area contributed by atoms with Gasteiger partial charge < -0.3 is 25.1 Å². The molecule has 0 saturated carbocycles. The minimum absolute atomic E-state index is 0.00688. The van der Waals surface area contributed by atoms with Crippen LogP contribution in [0.5, 0.6) is 0 Å². The van der Waals surface area contributed by atoms with Crippen molar-refractivity contribution in [3.63, 3.8) is 0 Å². The van der Waals surface area contributed by atoms with Gasteiger partial charge in [-0.3, -0.25) is 9.59 Å². The van der Waals surface area contributed by atoms with E-state index in [1.165, 1.54) is 6.07 Å². The van der Waals surface area contributed by atoms with Crippen molar-refractivity contribution in [1.29, 1.82) is 0 Å². The van der Waals surface area contributed by atoms with E-state index < -0.39 is 23.8 Å². The summed E-state index contributed by atoms with van der Waals surface area (Å²) in [6.45, 7) is 9.98. The number of piperazine rings is 1. The van der Waals surface area contributed by atoms with E-state index in [-0.39, 0.29) is 30.3 Å². The summed E-state index contributed by atoms with van der Waals surface area (Å²) in [5.74, 6) is -5.18. The molecule has 13 heteroatoms. The van der Waals surface area contributed by atoms with Crippen molar-refractivity contribution in [2.45, 2.75) is 26.4 Å². The maximum atomic E-state index is 13.6. The monoisotopic (exact) mass is 510 g/mol. The normalized spacial score (nSPS) is 13.8. The van der Waals surface area contributed by atoms with Crippen LogP contribution in [-0.2, 0) is 9.59 Å². The number of benzene rings is 1. The third-order valence-electron chi connectivity index (χ3n) is 5.34. The van der Waals surface area contributed by atoms with Crippen molar-refractivity contribution < 1.29 is 41.4 Å². The standard InChI is InChI=1S/C20H30F2N4O2.C2HF3O2/c1-3-24(4-2)13-14-26(10-7-19(27)25-11-8-23-9-12-25)20(28)16-5-6-17(21)18(22)15-16;3-2(4,5)1(6)7/h5-6,15,23H,3-4,7-14H2,1-2H3;(H,6,7). The van der Waals surface area contributed by atoms with E-state index in [1.807, 2.05) is 13.8 Å². The van der Waals surface area contributed by atoms with Crippen LogP contribution in [0.25, 0.3) is 0 Å². The average Bonchev–Trinajstić information content (AvgIpc) is 2.83. The SMILES string of the molecule is CCN(CC)CCN(CCC(=O)N1CCNCC1)C(=O)c1ccc(F)c(F)c1.O=C(O)C(F)(F)F. The molecule has 1 aromatic rings. The Labute approximate surface area is 200 Å². The van der Waals surface area contributed by atoms with E-state index in [1.54, 1.807) is 9.80 Å². The van der Waals surface area contributed by atoms with Gasteiger partial charge in [-0.2, -0.15) is 13.2 Å². The summed E-state index contributed by atoms with van der Waals surface area (Å²) >= 11 is 0. The molecule has 198 valence electrons. The molecule has 8 nitrogen and oxygen atoms in total. The minimum atomic E-state index is -5.08. The minimum Gasteiger partial charge on any atom is -0.475 e. The lowest BCUT2D eigenvalue weighted by Gasteiger charge is -2.30. The summed E-state index contributed by atoms with van der Waals surface area (Å²) in [6, 6.07) is 3.15. The van der Waals surface area contributed by atoms with E-state index in [2.05, 4.69) is 10.2 Å². The van der Waals surface area contributed by atoms with Crippen LogP contribution in [0.4, 0.5) is 22.0 Å². The highest BCUT2D eigenvalue weighted by Crippen LogP contribution is 2.13. The molecule has 1 heterocycles. The molecule has 2 N–H and O–H groups in total. The zero-order valence-electron chi connectivity index (χ0n) is 19.7. The summed E-state index contributed by atoms with van der Waals surface area (Å²) in [5.41, 5.74) is 0.0908. The van der Waals surface area contributed by atoms with Crippen molar-refractivity contribution in [2.24, 2.45) is 0 Å². The fraction of sp³-hybridized carbons (Fsp3) is 0.591. The van der Waals surface area contributed by atoms with Crippen LogP contribution in [0, 0.1) is 11.6 Å². The van der Waals surface area contributed by atoms with E-state index in [9.17, 15) is 31.5 Å². The number of nitrogens with zero attached hydrogens (tertiary/aromatic N) is 3. The number of rotatable bonds is 9. The Morgan fingerprint density at radius 2 is 1.57 bits per heavy atom. The third kappa shape index (κ3) is 10.6. The lowest BCUT2D eigenvalue weighted by Crippen LogP contribution is -2.47. The molecule has 0 bridgehead atoms. The second kappa shape index (κ2) is 14.6. The topological polar surface area (TPSA) is 93.2 Å². The van der Waals surface area contributed by atoms with Crippen molar-refractivity contribution in [3.8, 4) is 0 Å². The van der Waals surface area contributed by atoms with Gasteiger partial charge in [0.25, 0.3) is 5.91 Å². The third-order valence-corrected chi connectivity index (χ3v) is 5.34. The first kappa shape index (κ1) is 30.2. The number of likely N-dealkylation sites (N-methyl/N-ethyl adjacent to an activating group) is 1. The highest BCUT2D eigenvalue weighted by molar-refractivity contribution is 5.94. The Bertz CT molecular complexity index is 844. The number of nitrogens with one attached hydrogen (secondary N) is 1. The van der Waals surface area contributed by atoms with Gasteiger partial charge in [-0.05, 0) is 31.3 Å². The number of aliphatic carboxylic acids is 1. The molecular formula is C22H31F5N4O4. The molecule has 35 heavy (non-hydrogen) atoms. The van der Waals surface area contributed by atoms with Gasteiger partial charge in [0.2, 0.25) is 5.91 Å². The lowest BCUT2D eigenvalue weighted by atomic mass is 10.1. The van der Waals surface area contributed by atoms with Crippen LogP contribution in [0.2, 0.25) is 0 Å². The van der Waals surface area contributed by atoms with E-state index in [0.717, 1.165) is 38.3 Å². The Balaban J connectivity index is 0.000000762. The Hall–Kier alpha value is -2.80. The quantitative estimate of drug-likeness (QED) is 0.495. The Morgan fingerprint density at radius 3 is 2.06 bits per heavy atom. The number of carboxylic acids is 1. The van der Waals surface area contributed by atoms with Gasteiger partial charge in [0.1, 0.15) is 0 Å². The number of hydrogen-bond acceptors (Lipinski definition) is 5. The van der Waals surface area contributed by atoms with Crippen LogP contribution in [-0.4, -0.2) is 103 Å². The summed E-state index contributed by atoms with van der Waals surface area (Å²) in [4.78, 5) is 39.7. The summed E-state index contributed by atoms with van der Waals surface area (Å²) in [5, 5.41) is 10.3. The molecule has 0 aromatic heterocycles. The Kier molecular flexibility index (Phi) is 12.6. The van der Waals surface area contributed by atoms with Crippen molar-refractivity contribution in [2.75, 3.05) is 58.9 Å². The molecule has 2 amide bonds. The van der Waals surface area contributed by atoms with Crippen molar-refractivity contribution in [1.82, 2.24) is 20.0 Å². The number of halogens is 5. The largest absolute Gasteiger partial charge is 0.490 e. The predicted octanol–water partition coefficient (Wildman–Crippen LogP) is 2.20. The van der Waals surface area contributed by atoms with Gasteiger partial charge in [0, 0.05) is 57.8 Å². The number of carbonyl (C=O) groups is 3. The fourth-order valence-electron chi connectivity index (χ4n) is 3.23. The molecular weight excluding hydrogens is 479 g/mol. The van der Waals surface area contributed by atoms with Crippen LogP contribution < -0.4 is 5.32 Å². The van der Waals surface area contributed by atoms with Gasteiger partial charge in [-0.1, -0.05) is 13.8 Å². The molecule has 0 radical (unpaired) electrons. The number of carbonyl (C=O) groups excluding carboxylic acids is 2. The number of alkyl halides is 3. The van der Waals surface area contributed by atoms with Crippen LogP contribution in [0.3, 0.4) is 0 Å². The second-order valence-corrected chi connectivity index (χ2v) is 7.63. The summed E-state index contributed by atoms with van der Waals surface area (Å²) < 4.78 is 58.5. The first-order chi connectivity index (χ1) is 16.4. The first-order valence-corrected chi connectivity index (χ1v) is 11.2. The van der Waals surface area contributed by atoms with Gasteiger partial charge in [-0.25, -0.2) is 13.6 Å². The van der Waals surface area contributed by atoms with Crippen LogP contribution in [0.15, 0.2) is 18.2 Å². The molecule has 1 saturated heterocycles. The van der Waals surface area contributed by atoms with Gasteiger partial charge in [-0.15, -0.1) is 0 Å². The van der Waals surface area contributed by atoms with Crippen LogP contribution in [0.1, 0.15) is 30.6 Å². The molecule has 1 fully saturated rings. The lowest BCUT2D eigenvalue weighted by molar-refractivity contribution is -0.192. The summed E-state index contributed by atoms with van der Waals surface area (Å²) in [6.07, 6.45) is -4.87. The second-order valence-electron chi connectivity index (χ2n) is 7.63. The Morgan fingerprint density at radius 1 is 1.00 bits per heavy atom. The molecule has 0 unspecified atom stereocenters. The highest BCUT2D eigenvalue weighted by atomic mass is 19.4. The van der Waals surface area contributed by atoms with E-state index in [0.29, 0.717) is 26.2 Å². The fourth-order valence-corrected chi connectivity index (χ4v) is 3.23. The van der Waals surface area contributed by atoms with Gasteiger partial charge in [0.05, 0.1) is 0 Å². The summed E-state index contributed by atoms with van der Waals surface area (Å²) in [7, 11) is 0. The number of carboxylic acid groups (broad SMARTS) is 1. The molecule has 0 aliphatic carbocycles. The molecule has 2 rings (SSSR count). The molecule has 0 spiro atoms.